The van der Waals surface area contributed by atoms with E-state index in [2.05, 4.69) is 15.1 Å². The lowest BCUT2D eigenvalue weighted by Gasteiger charge is -2.48. The molecule has 118 valence electrons. The molecule has 1 N–H and O–H groups in total. The predicted octanol–water partition coefficient (Wildman–Crippen LogP) is 3.22. The van der Waals surface area contributed by atoms with E-state index in [1.165, 1.54) is 25.7 Å². The summed E-state index contributed by atoms with van der Waals surface area (Å²) in [5.74, 6) is 2.37. The molecule has 2 aliphatic rings. The van der Waals surface area contributed by atoms with E-state index in [1.807, 2.05) is 6.92 Å². The van der Waals surface area contributed by atoms with Crippen LogP contribution in [-0.2, 0) is 0 Å². The summed E-state index contributed by atoms with van der Waals surface area (Å²) < 4.78 is 10.5. The minimum Gasteiger partial charge on any atom is -0.448 e. The highest BCUT2D eigenvalue weighted by atomic mass is 16.5. The number of hydrogen-bond acceptors (Lipinski definition) is 6. The maximum absolute atomic E-state index is 10.8. The zero-order valence-corrected chi connectivity index (χ0v) is 12.8. The van der Waals surface area contributed by atoms with Crippen LogP contribution in [0.25, 0.3) is 11.5 Å². The Balaban J connectivity index is 1.45. The van der Waals surface area contributed by atoms with E-state index in [9.17, 15) is 5.11 Å². The van der Waals surface area contributed by atoms with Crippen molar-refractivity contribution < 1.29 is 14.0 Å². The molecule has 0 radical (unpaired) electrons. The van der Waals surface area contributed by atoms with Crippen molar-refractivity contribution in [1.82, 2.24) is 15.1 Å². The molecule has 0 aromatic carbocycles. The van der Waals surface area contributed by atoms with Gasteiger partial charge in [-0.05, 0) is 38.5 Å². The van der Waals surface area contributed by atoms with Crippen LogP contribution in [0.4, 0.5) is 0 Å². The number of oxazole rings is 1. The maximum atomic E-state index is 10.8. The number of nitrogens with zero attached hydrogens (tertiary/aromatic N) is 3. The normalized spacial score (nSPS) is 29.5. The average molecular weight is 303 g/mol. The van der Waals surface area contributed by atoms with Gasteiger partial charge in [-0.3, -0.25) is 0 Å². The van der Waals surface area contributed by atoms with Crippen LogP contribution in [0.2, 0.25) is 0 Å². The Bertz CT molecular complexity index is 651. The quantitative estimate of drug-likeness (QED) is 0.937. The Morgan fingerprint density at radius 3 is 2.68 bits per heavy atom. The molecule has 22 heavy (non-hydrogen) atoms. The third-order valence-electron chi connectivity index (χ3n) is 5.31. The first-order chi connectivity index (χ1) is 10.7. The van der Waals surface area contributed by atoms with Crippen LogP contribution in [-0.4, -0.2) is 25.8 Å². The average Bonchev–Trinajstić information content (AvgIpc) is 3.13. The van der Waals surface area contributed by atoms with Crippen molar-refractivity contribution in [2.24, 2.45) is 5.92 Å². The third kappa shape index (κ3) is 2.26. The van der Waals surface area contributed by atoms with Gasteiger partial charge in [-0.15, -0.1) is 0 Å². The molecule has 2 heterocycles. The zero-order valence-electron chi connectivity index (χ0n) is 12.8. The van der Waals surface area contributed by atoms with Gasteiger partial charge in [0.05, 0.1) is 5.60 Å². The smallest absolute Gasteiger partial charge is 0.230 e. The minimum absolute atomic E-state index is 0.167. The lowest BCUT2D eigenvalue weighted by Crippen LogP contribution is -2.49. The first-order valence-corrected chi connectivity index (χ1v) is 8.12. The summed E-state index contributed by atoms with van der Waals surface area (Å²) in [6.07, 6.45) is 8.94. The molecule has 2 aromatic rings. The SMILES string of the molecule is Cc1ocnc1-c1noc(C2CC(O)(C3CCCCC3)C2)n1. The van der Waals surface area contributed by atoms with Gasteiger partial charge in [-0.25, -0.2) is 4.98 Å². The molecule has 0 spiro atoms. The van der Waals surface area contributed by atoms with Crippen LogP contribution in [0.3, 0.4) is 0 Å². The summed E-state index contributed by atoms with van der Waals surface area (Å²) in [6, 6.07) is 0. The Morgan fingerprint density at radius 1 is 1.23 bits per heavy atom. The molecule has 2 aliphatic carbocycles. The van der Waals surface area contributed by atoms with E-state index in [0.29, 0.717) is 29.1 Å². The highest BCUT2D eigenvalue weighted by molar-refractivity contribution is 5.50. The van der Waals surface area contributed by atoms with E-state index in [0.717, 1.165) is 25.7 Å². The van der Waals surface area contributed by atoms with Gasteiger partial charge in [0, 0.05) is 5.92 Å². The summed E-state index contributed by atoms with van der Waals surface area (Å²) >= 11 is 0. The van der Waals surface area contributed by atoms with Gasteiger partial charge < -0.3 is 14.0 Å². The standard InChI is InChI=1S/C16H21N3O3/c1-10-13(17-9-21-10)14-18-15(22-19-14)11-7-16(20,8-11)12-5-3-2-4-6-12/h9,11-12,20H,2-8H2,1H3. The van der Waals surface area contributed by atoms with Gasteiger partial charge in [0.1, 0.15) is 5.76 Å². The van der Waals surface area contributed by atoms with E-state index < -0.39 is 5.60 Å². The molecular formula is C16H21N3O3. The summed E-state index contributed by atoms with van der Waals surface area (Å²) in [4.78, 5) is 8.54. The topological polar surface area (TPSA) is 85.2 Å². The fourth-order valence-electron chi connectivity index (χ4n) is 3.96. The van der Waals surface area contributed by atoms with Gasteiger partial charge in [-0.2, -0.15) is 4.98 Å². The van der Waals surface area contributed by atoms with Crippen molar-refractivity contribution in [3.05, 3.63) is 18.0 Å². The van der Waals surface area contributed by atoms with Crippen molar-refractivity contribution in [2.75, 3.05) is 0 Å². The van der Waals surface area contributed by atoms with Crippen LogP contribution in [0.1, 0.15) is 62.5 Å². The third-order valence-corrected chi connectivity index (χ3v) is 5.31. The Hall–Kier alpha value is -1.69. The Morgan fingerprint density at radius 2 is 2.00 bits per heavy atom. The molecule has 0 amide bonds. The number of hydrogen-bond donors (Lipinski definition) is 1. The molecule has 0 bridgehead atoms. The highest BCUT2D eigenvalue weighted by Crippen LogP contribution is 2.51. The first kappa shape index (κ1) is 13.9. The molecule has 0 unspecified atom stereocenters. The summed E-state index contributed by atoms with van der Waals surface area (Å²) in [7, 11) is 0. The fraction of sp³-hybridized carbons (Fsp3) is 0.688. The molecule has 6 heteroatoms. The lowest BCUT2D eigenvalue weighted by atomic mass is 9.61. The molecule has 6 nitrogen and oxygen atoms in total. The van der Waals surface area contributed by atoms with Gasteiger partial charge in [-0.1, -0.05) is 24.4 Å². The van der Waals surface area contributed by atoms with Gasteiger partial charge in [0.15, 0.2) is 12.1 Å². The second-order valence-electron chi connectivity index (χ2n) is 6.76. The van der Waals surface area contributed by atoms with Crippen LogP contribution in [0.15, 0.2) is 15.3 Å². The largest absolute Gasteiger partial charge is 0.448 e. The van der Waals surface area contributed by atoms with Gasteiger partial charge >= 0.3 is 0 Å². The Labute approximate surface area is 128 Å². The molecule has 0 aliphatic heterocycles. The van der Waals surface area contributed by atoms with E-state index in [-0.39, 0.29) is 5.92 Å². The molecule has 0 saturated heterocycles. The zero-order chi connectivity index (χ0) is 15.2. The second-order valence-corrected chi connectivity index (χ2v) is 6.76. The van der Waals surface area contributed by atoms with Crippen molar-refractivity contribution in [3.63, 3.8) is 0 Å². The number of aryl methyl sites for hydroxylation is 1. The monoisotopic (exact) mass is 303 g/mol. The molecule has 2 fully saturated rings. The summed E-state index contributed by atoms with van der Waals surface area (Å²) in [5, 5.41) is 14.8. The first-order valence-electron chi connectivity index (χ1n) is 8.12. The van der Waals surface area contributed by atoms with Crippen molar-refractivity contribution >= 4 is 0 Å². The Kier molecular flexibility index (Phi) is 3.29. The molecule has 2 saturated carbocycles. The minimum atomic E-state index is -0.524. The molecule has 2 aromatic heterocycles. The van der Waals surface area contributed by atoms with Gasteiger partial charge in [0.25, 0.3) is 0 Å². The maximum Gasteiger partial charge on any atom is 0.230 e. The van der Waals surface area contributed by atoms with Crippen LogP contribution in [0, 0.1) is 12.8 Å². The van der Waals surface area contributed by atoms with Crippen LogP contribution < -0.4 is 0 Å². The molecule has 4 rings (SSSR count). The number of aliphatic hydroxyl groups is 1. The van der Waals surface area contributed by atoms with Gasteiger partial charge in [0.2, 0.25) is 11.7 Å². The fourth-order valence-corrected chi connectivity index (χ4v) is 3.96. The lowest BCUT2D eigenvalue weighted by molar-refractivity contribution is -0.111. The number of aromatic nitrogens is 3. The van der Waals surface area contributed by atoms with Crippen molar-refractivity contribution in [3.8, 4) is 11.5 Å². The van der Waals surface area contributed by atoms with Crippen LogP contribution in [0.5, 0.6) is 0 Å². The van der Waals surface area contributed by atoms with Crippen molar-refractivity contribution in [1.29, 1.82) is 0 Å². The molecular weight excluding hydrogens is 282 g/mol. The second kappa shape index (κ2) is 5.19. The predicted molar refractivity (Wildman–Crippen MR) is 78.0 cm³/mol. The van der Waals surface area contributed by atoms with Crippen molar-refractivity contribution in [2.45, 2.75) is 63.4 Å². The van der Waals surface area contributed by atoms with E-state index in [1.54, 1.807) is 0 Å². The summed E-state index contributed by atoms with van der Waals surface area (Å²) in [5.41, 5.74) is 0.0978. The molecule has 0 atom stereocenters. The number of rotatable bonds is 3. The van der Waals surface area contributed by atoms with E-state index in [4.69, 9.17) is 8.94 Å². The van der Waals surface area contributed by atoms with Crippen LogP contribution >= 0.6 is 0 Å². The summed E-state index contributed by atoms with van der Waals surface area (Å²) in [6.45, 7) is 1.82. The van der Waals surface area contributed by atoms with E-state index >= 15 is 0 Å². The highest BCUT2D eigenvalue weighted by Gasteiger charge is 2.50.